The van der Waals surface area contributed by atoms with E-state index in [0.29, 0.717) is 6.42 Å². The minimum absolute atomic E-state index is 0.578. The van der Waals surface area contributed by atoms with Gasteiger partial charge in [-0.2, -0.15) is 0 Å². The Hall–Kier alpha value is 0.900. The lowest BCUT2D eigenvalue weighted by Crippen LogP contribution is -2.21. The van der Waals surface area contributed by atoms with Gasteiger partial charge in [-0.15, -0.1) is 11.6 Å². The average molecular weight is 177 g/mol. The van der Waals surface area contributed by atoms with E-state index < -0.39 is 4.67 Å². The molecular weight excluding hydrogens is 173 g/mol. The van der Waals surface area contributed by atoms with Crippen LogP contribution in [0, 0.1) is 0 Å². The second kappa shape index (κ2) is 3.03. The Bertz CT molecular complexity index is 51.4. The molecule has 7 heavy (non-hydrogen) atoms. The molecule has 0 aromatic heterocycles. The van der Waals surface area contributed by atoms with E-state index in [-0.39, 0.29) is 0 Å². The summed E-state index contributed by atoms with van der Waals surface area (Å²) < 4.78 is -1.02. The van der Waals surface area contributed by atoms with Crippen molar-refractivity contribution < 1.29 is 0 Å². The first kappa shape index (κ1) is 7.90. The van der Waals surface area contributed by atoms with Gasteiger partial charge in [0, 0.05) is 5.33 Å². The number of alkyl halides is 2. The fourth-order valence-electron chi connectivity index (χ4n) is 0.145. The molecule has 0 amide bonds. The van der Waals surface area contributed by atoms with E-state index in [0.717, 1.165) is 5.33 Å². The number of rotatable bonds is 2. The van der Waals surface area contributed by atoms with Gasteiger partial charge in [0.25, 0.3) is 0 Å². The summed E-state index contributed by atoms with van der Waals surface area (Å²) in [4.78, 5) is 0. The second-order valence-corrected chi connectivity index (χ2v) is 2.86. The predicted molar refractivity (Wildman–Crippen MR) is 38.5 cm³/mol. The average Bonchev–Trinajstić information content (AvgIpc) is 1.30. The van der Waals surface area contributed by atoms with E-state index in [4.69, 9.17) is 27.3 Å². The molecule has 0 aliphatic carbocycles. The minimum atomic E-state index is -1.02. The van der Waals surface area contributed by atoms with Crippen LogP contribution in [-0.2, 0) is 0 Å². The van der Waals surface area contributed by atoms with Gasteiger partial charge in [-0.05, 0) is 11.1 Å². The van der Waals surface area contributed by atoms with E-state index in [1.165, 1.54) is 0 Å². The molecule has 0 nitrogen and oxygen atoms in total. The highest BCUT2D eigenvalue weighted by atomic mass is 79.9. The van der Waals surface area contributed by atoms with Crippen LogP contribution in [0.4, 0.5) is 0 Å². The first-order valence-electron chi connectivity index (χ1n) is 1.89. The molecule has 0 spiro atoms. The van der Waals surface area contributed by atoms with Gasteiger partial charge in [0.05, 0.1) is 15.7 Å². The van der Waals surface area contributed by atoms with Crippen molar-refractivity contribution in [3.05, 3.63) is 0 Å². The van der Waals surface area contributed by atoms with Crippen molar-refractivity contribution in [2.24, 2.45) is 0 Å². The Morgan fingerprint density at radius 2 is 2.00 bits per heavy atom. The number of hydrogen-bond acceptors (Lipinski definition) is 0. The van der Waals surface area contributed by atoms with Gasteiger partial charge in [0.15, 0.2) is 0 Å². The minimum Gasteiger partial charge on any atom is -0.140 e. The SMILES string of the molecule is [B]C([B])(Cl)CCBr. The summed E-state index contributed by atoms with van der Waals surface area (Å²) >= 11 is 8.50. The Morgan fingerprint density at radius 1 is 1.57 bits per heavy atom. The van der Waals surface area contributed by atoms with Gasteiger partial charge < -0.3 is 0 Å². The summed E-state index contributed by atoms with van der Waals surface area (Å²) in [6.45, 7) is 0. The van der Waals surface area contributed by atoms with Gasteiger partial charge >= 0.3 is 0 Å². The Labute approximate surface area is 59.9 Å². The Morgan fingerprint density at radius 3 is 2.00 bits per heavy atom. The smallest absolute Gasteiger partial charge is 0.0832 e. The van der Waals surface area contributed by atoms with Gasteiger partial charge in [0.1, 0.15) is 0 Å². The molecule has 4 radical (unpaired) electrons. The zero-order valence-corrected chi connectivity index (χ0v) is 6.17. The summed E-state index contributed by atoms with van der Waals surface area (Å²) in [6, 6.07) is 0. The Kier molecular flexibility index (Phi) is 3.42. The topological polar surface area (TPSA) is 0 Å². The maximum Gasteiger partial charge on any atom is 0.0832 e. The zero-order chi connectivity index (χ0) is 5.91. The molecule has 4 heteroatoms. The highest BCUT2D eigenvalue weighted by molar-refractivity contribution is 9.09. The zero-order valence-electron chi connectivity index (χ0n) is 3.82. The van der Waals surface area contributed by atoms with Gasteiger partial charge in [0.2, 0.25) is 0 Å². The van der Waals surface area contributed by atoms with Crippen LogP contribution in [0.5, 0.6) is 0 Å². The highest BCUT2D eigenvalue weighted by Gasteiger charge is 2.09. The molecular formula is C3H4B2BrCl. The molecule has 0 aromatic carbocycles. The second-order valence-electron chi connectivity index (χ2n) is 1.37. The van der Waals surface area contributed by atoms with Crippen LogP contribution in [0.25, 0.3) is 0 Å². The summed E-state index contributed by atoms with van der Waals surface area (Å²) in [7, 11) is 10.3. The lowest BCUT2D eigenvalue weighted by molar-refractivity contribution is 0.993. The van der Waals surface area contributed by atoms with E-state index >= 15 is 0 Å². The molecule has 0 saturated heterocycles. The third-order valence-corrected chi connectivity index (χ3v) is 1.06. The number of hydrogen-bond donors (Lipinski definition) is 0. The lowest BCUT2D eigenvalue weighted by Gasteiger charge is -2.12. The molecule has 36 valence electrons. The summed E-state index contributed by atoms with van der Waals surface area (Å²) in [5.74, 6) is 0. The van der Waals surface area contributed by atoms with E-state index in [1.807, 2.05) is 0 Å². The van der Waals surface area contributed by atoms with Crippen molar-refractivity contribution in [2.45, 2.75) is 11.1 Å². The first-order valence-corrected chi connectivity index (χ1v) is 3.39. The molecule has 0 aromatic rings. The van der Waals surface area contributed by atoms with E-state index in [2.05, 4.69) is 15.9 Å². The molecule has 0 rings (SSSR count). The quantitative estimate of drug-likeness (QED) is 0.436. The highest BCUT2D eigenvalue weighted by Crippen LogP contribution is 2.10. The van der Waals surface area contributed by atoms with E-state index in [1.54, 1.807) is 0 Å². The maximum absolute atomic E-state index is 5.36. The molecule has 0 unspecified atom stereocenters. The molecule has 0 bridgehead atoms. The lowest BCUT2D eigenvalue weighted by atomic mass is 9.68. The van der Waals surface area contributed by atoms with Crippen LogP contribution in [0.2, 0.25) is 0 Å². The fraction of sp³-hybridized carbons (Fsp3) is 1.00. The van der Waals surface area contributed by atoms with Crippen molar-refractivity contribution in [1.29, 1.82) is 0 Å². The van der Waals surface area contributed by atoms with E-state index in [9.17, 15) is 0 Å². The van der Waals surface area contributed by atoms with Gasteiger partial charge in [-0.25, -0.2) is 0 Å². The van der Waals surface area contributed by atoms with Crippen LogP contribution in [0.15, 0.2) is 0 Å². The molecule has 0 aliphatic rings. The summed E-state index contributed by atoms with van der Waals surface area (Å²) in [5.41, 5.74) is 0. The van der Waals surface area contributed by atoms with Crippen molar-refractivity contribution >= 4 is 43.2 Å². The number of halogens is 2. The standard InChI is InChI=1S/C3H4B2BrCl/c4-3(5,7)1-2-6/h1-2H2. The third-order valence-electron chi connectivity index (χ3n) is 0.478. The summed E-state index contributed by atoms with van der Waals surface area (Å²) in [5, 5.41) is 0.740. The van der Waals surface area contributed by atoms with Crippen LogP contribution in [0.1, 0.15) is 6.42 Å². The Balaban J connectivity index is 3.15. The molecule has 0 aliphatic heterocycles. The van der Waals surface area contributed by atoms with Crippen LogP contribution < -0.4 is 0 Å². The van der Waals surface area contributed by atoms with Crippen LogP contribution in [-0.4, -0.2) is 25.7 Å². The third kappa shape index (κ3) is 6.90. The molecule has 0 fully saturated rings. The van der Waals surface area contributed by atoms with Gasteiger partial charge in [-0.3, -0.25) is 0 Å². The molecule has 0 heterocycles. The first-order chi connectivity index (χ1) is 3.06. The predicted octanol–water partition coefficient (Wildman–Crippen LogP) is 1.00. The van der Waals surface area contributed by atoms with Crippen LogP contribution in [0.3, 0.4) is 0 Å². The van der Waals surface area contributed by atoms with Crippen molar-refractivity contribution in [3.8, 4) is 0 Å². The maximum atomic E-state index is 5.36. The summed E-state index contributed by atoms with van der Waals surface area (Å²) in [6.07, 6.45) is 0.578. The fourth-order valence-corrected chi connectivity index (χ4v) is 1.12. The molecule has 0 N–H and O–H groups in total. The monoisotopic (exact) mass is 176 g/mol. The normalized spacial score (nSPS) is 11.7. The largest absolute Gasteiger partial charge is 0.140 e. The van der Waals surface area contributed by atoms with Crippen molar-refractivity contribution in [1.82, 2.24) is 0 Å². The van der Waals surface area contributed by atoms with Crippen molar-refractivity contribution in [3.63, 3.8) is 0 Å². The van der Waals surface area contributed by atoms with Crippen molar-refractivity contribution in [2.75, 3.05) is 5.33 Å². The van der Waals surface area contributed by atoms with Gasteiger partial charge in [-0.1, -0.05) is 15.9 Å². The molecule has 0 saturated carbocycles. The van der Waals surface area contributed by atoms with Crippen LogP contribution >= 0.6 is 27.5 Å². The molecule has 0 atom stereocenters.